The number of nitrogens with zero attached hydrogens (tertiary/aromatic N) is 6. The van der Waals surface area contributed by atoms with Crippen LogP contribution in [0.2, 0.25) is 0 Å². The van der Waals surface area contributed by atoms with Gasteiger partial charge in [0, 0.05) is 78.7 Å². The fraction of sp³-hybridized carbons (Fsp3) is 0.240. The van der Waals surface area contributed by atoms with Gasteiger partial charge in [0.15, 0.2) is 0 Å². The van der Waals surface area contributed by atoms with Crippen molar-refractivity contribution in [1.29, 1.82) is 0 Å². The van der Waals surface area contributed by atoms with E-state index >= 15 is 0 Å². The smallest absolute Gasteiger partial charge is 0.130 e. The molecule has 3 aromatic heterocycles. The van der Waals surface area contributed by atoms with Crippen molar-refractivity contribution in [1.82, 2.24) is 24.6 Å². The number of thiol groups is 1. The first-order chi connectivity index (χ1) is 16.8. The van der Waals surface area contributed by atoms with E-state index < -0.39 is 0 Å². The molecule has 1 aliphatic heterocycles. The average molecular weight is 481 g/mol. The molecule has 10 heteroatoms. The highest BCUT2D eigenvalue weighted by atomic mass is 32.1. The van der Waals surface area contributed by atoms with Gasteiger partial charge in [-0.1, -0.05) is 18.7 Å². The normalized spacial score (nSPS) is 14.9. The number of aryl methyl sites for hydroxylation is 1. The van der Waals surface area contributed by atoms with E-state index in [1.54, 1.807) is 0 Å². The predicted octanol–water partition coefficient (Wildman–Crippen LogP) is 2.04. The molecule has 1 aromatic carbocycles. The van der Waals surface area contributed by atoms with Crippen LogP contribution in [0.15, 0.2) is 67.8 Å². The number of piperazine rings is 1. The summed E-state index contributed by atoms with van der Waals surface area (Å²) in [5, 5.41) is 9.86. The first-order valence-corrected chi connectivity index (χ1v) is 12.2. The van der Waals surface area contributed by atoms with Gasteiger partial charge in [0.1, 0.15) is 27.3 Å². The lowest BCUT2D eigenvalue weighted by molar-refractivity contribution is 0.262. The third-order valence-electron chi connectivity index (χ3n) is 6.51. The number of hydrogen-bond acceptors (Lipinski definition) is 7. The Morgan fingerprint density at radius 2 is 1.80 bits per heavy atom. The molecule has 176 valence electrons. The summed E-state index contributed by atoms with van der Waals surface area (Å²) in [7, 11) is 6.21. The molecule has 0 saturated carbocycles. The van der Waals surface area contributed by atoms with Crippen molar-refractivity contribution in [2.24, 2.45) is 7.05 Å². The largest absolute Gasteiger partial charge is 0.354 e. The molecular weight excluding hydrogens is 452 g/mol. The number of aromatic nitrogens is 4. The number of anilines is 2. The van der Waals surface area contributed by atoms with Crippen molar-refractivity contribution >= 4 is 56.4 Å². The zero-order valence-electron chi connectivity index (χ0n) is 20.4. The minimum atomic E-state index is -0.106. The number of fused-ring (bicyclic) bond motifs is 1. The summed E-state index contributed by atoms with van der Waals surface area (Å²) < 4.78 is 1.71. The van der Waals surface area contributed by atoms with Crippen LogP contribution in [-0.2, 0) is 7.05 Å². The second-order valence-corrected chi connectivity index (χ2v) is 10.6. The summed E-state index contributed by atoms with van der Waals surface area (Å²) in [6.07, 6.45) is 7.63. The molecular formula is C25H29B2N7S. The predicted molar refractivity (Wildman–Crippen MR) is 153 cm³/mol. The summed E-state index contributed by atoms with van der Waals surface area (Å²) in [4.78, 5) is 13.9. The van der Waals surface area contributed by atoms with E-state index in [0.717, 1.165) is 71.0 Å². The fourth-order valence-electron chi connectivity index (χ4n) is 4.45. The summed E-state index contributed by atoms with van der Waals surface area (Å²) in [5.41, 5.74) is 4.01. The van der Waals surface area contributed by atoms with Crippen LogP contribution in [0.4, 0.5) is 11.6 Å². The summed E-state index contributed by atoms with van der Waals surface area (Å²) in [6, 6.07) is 12.5. The molecule has 1 aliphatic rings. The van der Waals surface area contributed by atoms with Gasteiger partial charge < -0.3 is 15.1 Å². The Kier molecular flexibility index (Phi) is 6.34. The third kappa shape index (κ3) is 5.23. The number of rotatable bonds is 6. The highest BCUT2D eigenvalue weighted by Crippen LogP contribution is 2.27. The van der Waals surface area contributed by atoms with Crippen LogP contribution in [0.5, 0.6) is 0 Å². The number of benzene rings is 1. The molecule has 0 spiro atoms. The van der Waals surface area contributed by atoms with Gasteiger partial charge in [-0.3, -0.25) is 4.68 Å². The molecule has 0 atom stereocenters. The average Bonchev–Trinajstić information content (AvgIpc) is 3.29. The molecule has 0 radical (unpaired) electrons. The SMILES string of the molecule is BC(B)(S)N1CCN(c2cc(C(=C)Nc3cc4cc(-c5cnn(C)c5)ccc4cn3)ccn2)CC1. The van der Waals surface area contributed by atoms with Crippen LogP contribution in [0.3, 0.4) is 0 Å². The Morgan fingerprint density at radius 3 is 2.51 bits per heavy atom. The van der Waals surface area contributed by atoms with Crippen LogP contribution >= 0.6 is 12.6 Å². The number of hydrogen-bond donors (Lipinski definition) is 2. The molecule has 4 heterocycles. The second-order valence-electron chi connectivity index (χ2n) is 9.51. The molecule has 0 bridgehead atoms. The topological polar surface area (TPSA) is 62.1 Å². The molecule has 0 unspecified atom stereocenters. The Bertz CT molecular complexity index is 1370. The highest BCUT2D eigenvalue weighted by Gasteiger charge is 2.27. The van der Waals surface area contributed by atoms with Crippen LogP contribution in [0.1, 0.15) is 5.56 Å². The molecule has 1 saturated heterocycles. The van der Waals surface area contributed by atoms with Gasteiger partial charge in [0.25, 0.3) is 0 Å². The van der Waals surface area contributed by atoms with Gasteiger partial charge in [0.05, 0.1) is 6.20 Å². The van der Waals surface area contributed by atoms with Gasteiger partial charge in [-0.05, 0) is 35.2 Å². The second kappa shape index (κ2) is 9.43. The standard InChI is InChI=1S/C25H29B2N7S/c1-17(18-5-6-28-24(13-18)33-7-9-34(10-8-33)25(26,27)35)31-23-12-21-11-19(3-4-20(21)14-29-23)22-15-30-32(2)16-22/h3-6,11-16,35H,1,7-10,26-27H2,2H3,(H,29,31). The van der Waals surface area contributed by atoms with Crippen LogP contribution in [-0.4, -0.2) is 71.2 Å². The van der Waals surface area contributed by atoms with Gasteiger partial charge in [-0.2, -0.15) is 17.7 Å². The van der Waals surface area contributed by atoms with Crippen LogP contribution in [0.25, 0.3) is 27.6 Å². The lowest BCUT2D eigenvalue weighted by Crippen LogP contribution is -2.55. The van der Waals surface area contributed by atoms with Gasteiger partial charge in [-0.15, -0.1) is 0 Å². The lowest BCUT2D eigenvalue weighted by Gasteiger charge is -2.42. The number of pyridine rings is 2. The molecule has 1 fully saturated rings. The van der Waals surface area contributed by atoms with Crippen molar-refractivity contribution in [2.45, 2.75) is 4.67 Å². The molecule has 0 amide bonds. The Labute approximate surface area is 213 Å². The van der Waals surface area contributed by atoms with Crippen LogP contribution in [0, 0.1) is 0 Å². The minimum Gasteiger partial charge on any atom is -0.354 e. The summed E-state index contributed by atoms with van der Waals surface area (Å²) >= 11 is 4.71. The van der Waals surface area contributed by atoms with E-state index in [-0.39, 0.29) is 4.67 Å². The van der Waals surface area contributed by atoms with E-state index in [4.69, 9.17) is 12.6 Å². The van der Waals surface area contributed by atoms with E-state index in [9.17, 15) is 0 Å². The van der Waals surface area contributed by atoms with Crippen molar-refractivity contribution in [3.8, 4) is 11.1 Å². The van der Waals surface area contributed by atoms with E-state index in [1.165, 1.54) is 0 Å². The summed E-state index contributed by atoms with van der Waals surface area (Å²) in [6.45, 7) is 8.04. The van der Waals surface area contributed by atoms with Crippen molar-refractivity contribution < 1.29 is 0 Å². The Morgan fingerprint density at radius 1 is 1.00 bits per heavy atom. The number of nitrogens with one attached hydrogen (secondary N) is 1. The summed E-state index contributed by atoms with van der Waals surface area (Å²) in [5.74, 6) is 1.73. The molecule has 5 rings (SSSR count). The van der Waals surface area contributed by atoms with Crippen LogP contribution < -0.4 is 10.2 Å². The molecule has 4 aromatic rings. The zero-order chi connectivity index (χ0) is 24.6. The van der Waals surface area contributed by atoms with Crippen molar-refractivity contribution in [2.75, 3.05) is 36.4 Å². The maximum absolute atomic E-state index is 4.71. The molecule has 7 nitrogen and oxygen atoms in total. The lowest BCUT2D eigenvalue weighted by atomic mass is 9.75. The van der Waals surface area contributed by atoms with Crippen molar-refractivity contribution in [3.63, 3.8) is 0 Å². The van der Waals surface area contributed by atoms with Gasteiger partial charge >= 0.3 is 0 Å². The Hall–Kier alpha value is -3.23. The minimum absolute atomic E-state index is 0.106. The maximum atomic E-state index is 4.71. The zero-order valence-corrected chi connectivity index (χ0v) is 21.3. The van der Waals surface area contributed by atoms with Crippen molar-refractivity contribution in [3.05, 3.63) is 73.3 Å². The quantitative estimate of drug-likeness (QED) is 0.325. The monoisotopic (exact) mass is 481 g/mol. The molecule has 35 heavy (non-hydrogen) atoms. The fourth-order valence-corrected chi connectivity index (χ4v) is 4.65. The van der Waals surface area contributed by atoms with Gasteiger partial charge in [0.2, 0.25) is 0 Å². The van der Waals surface area contributed by atoms with Gasteiger partial charge in [-0.25, -0.2) is 9.97 Å². The Balaban J connectivity index is 1.31. The first-order valence-electron chi connectivity index (χ1n) is 11.8. The first kappa shape index (κ1) is 23.5. The van der Waals surface area contributed by atoms with E-state index in [2.05, 4.69) is 82.8 Å². The maximum Gasteiger partial charge on any atom is 0.130 e. The molecule has 1 N–H and O–H groups in total. The van der Waals surface area contributed by atoms with E-state index in [1.807, 2.05) is 42.6 Å². The molecule has 0 aliphatic carbocycles. The third-order valence-corrected chi connectivity index (χ3v) is 6.79. The highest BCUT2D eigenvalue weighted by molar-refractivity contribution is 7.84. The van der Waals surface area contributed by atoms with E-state index in [0.29, 0.717) is 0 Å².